The third-order valence-corrected chi connectivity index (χ3v) is 7.51. The van der Waals surface area contributed by atoms with Gasteiger partial charge in [-0.15, -0.1) is 0 Å². The zero-order chi connectivity index (χ0) is 21.6. The van der Waals surface area contributed by atoms with E-state index in [0.717, 1.165) is 23.2 Å². The van der Waals surface area contributed by atoms with Gasteiger partial charge >= 0.3 is 0 Å². The Bertz CT molecular complexity index is 939. The van der Waals surface area contributed by atoms with Gasteiger partial charge in [0.2, 0.25) is 15.9 Å². The molecule has 1 fully saturated rings. The van der Waals surface area contributed by atoms with Crippen LogP contribution in [0.25, 0.3) is 0 Å². The predicted molar refractivity (Wildman–Crippen MR) is 121 cm³/mol. The minimum absolute atomic E-state index is 0.0146. The summed E-state index contributed by atoms with van der Waals surface area (Å²) in [7, 11) is -3.35. The van der Waals surface area contributed by atoms with E-state index in [1.54, 1.807) is 0 Å². The zero-order valence-corrected chi connectivity index (χ0v) is 18.6. The quantitative estimate of drug-likeness (QED) is 0.699. The van der Waals surface area contributed by atoms with E-state index in [2.05, 4.69) is 25.2 Å². The third-order valence-electron chi connectivity index (χ3n) is 5.66. The minimum atomic E-state index is -3.35. The molecule has 1 heterocycles. The van der Waals surface area contributed by atoms with Crippen LogP contribution in [0.5, 0.6) is 0 Å². The molecular formula is C23H31N3O3S. The number of piperazine rings is 1. The van der Waals surface area contributed by atoms with Crippen LogP contribution in [-0.4, -0.2) is 56.3 Å². The van der Waals surface area contributed by atoms with E-state index < -0.39 is 10.0 Å². The first-order valence-electron chi connectivity index (χ1n) is 10.5. The van der Waals surface area contributed by atoms with Gasteiger partial charge in [0.25, 0.3) is 0 Å². The van der Waals surface area contributed by atoms with Gasteiger partial charge in [-0.25, -0.2) is 8.42 Å². The Labute approximate surface area is 179 Å². The third kappa shape index (κ3) is 5.90. The Balaban J connectivity index is 1.52. The first-order valence-corrected chi connectivity index (χ1v) is 12.1. The summed E-state index contributed by atoms with van der Waals surface area (Å²) in [5, 5.41) is 3.03. The number of hydrogen-bond acceptors (Lipinski definition) is 4. The van der Waals surface area contributed by atoms with Crippen LogP contribution in [0.4, 0.5) is 5.69 Å². The molecule has 0 spiro atoms. The maximum Gasteiger partial charge on any atom is 0.238 e. The standard InChI is InChI=1S/C23H31N3O3S/c1-3-19(2)21-11-7-8-12-22(21)24-23(27)17-25-13-15-26(16-14-25)30(28,29)18-20-9-5-4-6-10-20/h4-12,19H,3,13-18H2,1-2H3,(H,24,27)/t19-/m1/s1. The maximum absolute atomic E-state index is 12.7. The van der Waals surface area contributed by atoms with Crippen molar-refractivity contribution >= 4 is 21.6 Å². The number of nitrogens with zero attached hydrogens (tertiary/aromatic N) is 2. The summed E-state index contributed by atoms with van der Waals surface area (Å²) in [5.74, 6) is 0.326. The van der Waals surface area contributed by atoms with Crippen LogP contribution in [0.15, 0.2) is 54.6 Å². The van der Waals surface area contributed by atoms with Crippen molar-refractivity contribution in [2.75, 3.05) is 38.0 Å². The fourth-order valence-corrected chi connectivity index (χ4v) is 5.21. The van der Waals surface area contributed by atoms with Gasteiger partial charge in [-0.05, 0) is 29.5 Å². The second-order valence-corrected chi connectivity index (χ2v) is 9.83. The van der Waals surface area contributed by atoms with Crippen molar-refractivity contribution in [2.45, 2.75) is 31.9 Å². The molecule has 1 aliphatic heterocycles. The molecule has 30 heavy (non-hydrogen) atoms. The molecule has 0 aliphatic carbocycles. The molecule has 7 heteroatoms. The number of hydrogen-bond donors (Lipinski definition) is 1. The van der Waals surface area contributed by atoms with Crippen LogP contribution in [0.3, 0.4) is 0 Å². The lowest BCUT2D eigenvalue weighted by Gasteiger charge is -2.33. The van der Waals surface area contributed by atoms with Crippen molar-refractivity contribution in [2.24, 2.45) is 0 Å². The van der Waals surface area contributed by atoms with Gasteiger partial charge in [0.05, 0.1) is 12.3 Å². The van der Waals surface area contributed by atoms with Crippen LogP contribution < -0.4 is 5.32 Å². The minimum Gasteiger partial charge on any atom is -0.325 e. The molecule has 3 rings (SSSR count). The molecule has 2 aromatic rings. The molecule has 162 valence electrons. The SMILES string of the molecule is CC[C@@H](C)c1ccccc1NC(=O)CN1CCN(S(=O)(=O)Cc2ccccc2)CC1. The van der Waals surface area contributed by atoms with Gasteiger partial charge in [-0.3, -0.25) is 9.69 Å². The zero-order valence-electron chi connectivity index (χ0n) is 17.8. The molecule has 1 saturated heterocycles. The summed E-state index contributed by atoms with van der Waals surface area (Å²) in [4.78, 5) is 14.6. The van der Waals surface area contributed by atoms with Crippen LogP contribution in [0.2, 0.25) is 0 Å². The molecule has 2 aromatic carbocycles. The number of nitrogens with one attached hydrogen (secondary N) is 1. The van der Waals surface area contributed by atoms with Gasteiger partial charge in [-0.2, -0.15) is 4.31 Å². The Morgan fingerprint density at radius 2 is 1.63 bits per heavy atom. The number of carbonyl (C=O) groups excluding carboxylic acids is 1. The molecule has 0 saturated carbocycles. The second kappa shape index (κ2) is 10.2. The van der Waals surface area contributed by atoms with Crippen LogP contribution in [-0.2, 0) is 20.6 Å². The molecule has 0 unspecified atom stereocenters. The van der Waals surface area contributed by atoms with Crippen molar-refractivity contribution in [3.63, 3.8) is 0 Å². The van der Waals surface area contributed by atoms with Gasteiger partial charge in [0.15, 0.2) is 0 Å². The molecule has 1 N–H and O–H groups in total. The number of carbonyl (C=O) groups is 1. The second-order valence-electron chi connectivity index (χ2n) is 7.86. The first kappa shape index (κ1) is 22.5. The normalized spacial score (nSPS) is 16.9. The van der Waals surface area contributed by atoms with Crippen molar-refractivity contribution in [3.05, 3.63) is 65.7 Å². The largest absolute Gasteiger partial charge is 0.325 e. The van der Waals surface area contributed by atoms with Crippen molar-refractivity contribution < 1.29 is 13.2 Å². The molecule has 0 radical (unpaired) electrons. The maximum atomic E-state index is 12.7. The van der Waals surface area contributed by atoms with Crippen LogP contribution in [0, 0.1) is 0 Å². The molecule has 0 aromatic heterocycles. The number of anilines is 1. The Hall–Kier alpha value is -2.22. The monoisotopic (exact) mass is 429 g/mol. The highest BCUT2D eigenvalue weighted by Gasteiger charge is 2.27. The lowest BCUT2D eigenvalue weighted by Crippen LogP contribution is -2.50. The van der Waals surface area contributed by atoms with Crippen molar-refractivity contribution in [3.8, 4) is 0 Å². The first-order chi connectivity index (χ1) is 14.4. The van der Waals surface area contributed by atoms with Crippen molar-refractivity contribution in [1.29, 1.82) is 0 Å². The fraction of sp³-hybridized carbons (Fsp3) is 0.435. The lowest BCUT2D eigenvalue weighted by molar-refractivity contribution is -0.117. The molecule has 6 nitrogen and oxygen atoms in total. The number of amides is 1. The lowest BCUT2D eigenvalue weighted by atomic mass is 9.97. The molecular weight excluding hydrogens is 398 g/mol. The molecule has 0 bridgehead atoms. The number of para-hydroxylation sites is 1. The Morgan fingerprint density at radius 1 is 1.00 bits per heavy atom. The summed E-state index contributed by atoms with van der Waals surface area (Å²) >= 11 is 0. The van der Waals surface area contributed by atoms with E-state index in [1.165, 1.54) is 4.31 Å². The van der Waals surface area contributed by atoms with E-state index in [9.17, 15) is 13.2 Å². The Morgan fingerprint density at radius 3 is 2.30 bits per heavy atom. The molecule has 1 atom stereocenters. The van der Waals surface area contributed by atoms with E-state index in [1.807, 2.05) is 53.4 Å². The van der Waals surface area contributed by atoms with Gasteiger partial charge < -0.3 is 5.32 Å². The van der Waals surface area contributed by atoms with E-state index in [-0.39, 0.29) is 18.2 Å². The van der Waals surface area contributed by atoms with Gasteiger partial charge in [0.1, 0.15) is 0 Å². The summed E-state index contributed by atoms with van der Waals surface area (Å²) in [5.41, 5.74) is 2.80. The highest BCUT2D eigenvalue weighted by Crippen LogP contribution is 2.26. The van der Waals surface area contributed by atoms with Crippen LogP contribution in [0.1, 0.15) is 37.3 Å². The summed E-state index contributed by atoms with van der Waals surface area (Å²) in [6.45, 7) is 6.47. The average molecular weight is 430 g/mol. The van der Waals surface area contributed by atoms with E-state index in [4.69, 9.17) is 0 Å². The average Bonchev–Trinajstić information content (AvgIpc) is 2.74. The Kier molecular flexibility index (Phi) is 7.64. The van der Waals surface area contributed by atoms with Gasteiger partial charge in [-0.1, -0.05) is 62.4 Å². The highest BCUT2D eigenvalue weighted by molar-refractivity contribution is 7.88. The number of sulfonamides is 1. The topological polar surface area (TPSA) is 69.7 Å². The fourth-order valence-electron chi connectivity index (χ4n) is 3.70. The smallest absolute Gasteiger partial charge is 0.238 e. The van der Waals surface area contributed by atoms with Crippen LogP contribution >= 0.6 is 0 Å². The van der Waals surface area contributed by atoms with Crippen molar-refractivity contribution in [1.82, 2.24) is 9.21 Å². The van der Waals surface area contributed by atoms with E-state index >= 15 is 0 Å². The highest BCUT2D eigenvalue weighted by atomic mass is 32.2. The summed E-state index contributed by atoms with van der Waals surface area (Å²) in [6, 6.07) is 17.1. The molecule has 1 aliphatic rings. The predicted octanol–water partition coefficient (Wildman–Crippen LogP) is 3.29. The number of rotatable bonds is 8. The number of benzene rings is 2. The molecule has 1 amide bonds. The summed E-state index contributed by atoms with van der Waals surface area (Å²) in [6.07, 6.45) is 1.01. The van der Waals surface area contributed by atoms with E-state index in [0.29, 0.717) is 32.1 Å². The van der Waals surface area contributed by atoms with Gasteiger partial charge in [0, 0.05) is 31.9 Å². The summed E-state index contributed by atoms with van der Waals surface area (Å²) < 4.78 is 26.9.